The third-order valence-electron chi connectivity index (χ3n) is 4.33. The minimum atomic E-state index is 0.260. The second-order valence-electron chi connectivity index (χ2n) is 6.37. The maximum atomic E-state index is 9.18. The zero-order valence-corrected chi connectivity index (χ0v) is 16.4. The van der Waals surface area contributed by atoms with Crippen molar-refractivity contribution in [3.05, 3.63) is 81.3 Å². The number of thiazole rings is 1. The van der Waals surface area contributed by atoms with Gasteiger partial charge in [0.1, 0.15) is 17.4 Å². The molecular weight excluding hydrogens is 354 g/mol. The topological polar surface area (TPSA) is 57.9 Å². The van der Waals surface area contributed by atoms with Crippen molar-refractivity contribution in [2.24, 2.45) is 0 Å². The van der Waals surface area contributed by atoms with E-state index in [1.165, 1.54) is 0 Å². The van der Waals surface area contributed by atoms with Gasteiger partial charge in [0.15, 0.2) is 0 Å². The minimum Gasteiger partial charge on any atom is -0.489 e. The van der Waals surface area contributed by atoms with Gasteiger partial charge >= 0.3 is 0 Å². The lowest BCUT2D eigenvalue weighted by atomic mass is 10.1. The number of rotatable bonds is 8. The lowest BCUT2D eigenvalue weighted by Gasteiger charge is -2.15. The molecule has 3 aromatic rings. The highest BCUT2D eigenvalue weighted by atomic mass is 32.1. The van der Waals surface area contributed by atoms with Gasteiger partial charge in [-0.3, -0.25) is 0 Å². The molecule has 3 rings (SSSR count). The van der Waals surface area contributed by atoms with Crippen LogP contribution in [0.2, 0.25) is 0 Å². The van der Waals surface area contributed by atoms with Crippen molar-refractivity contribution in [2.45, 2.75) is 39.5 Å². The van der Waals surface area contributed by atoms with Gasteiger partial charge in [0.05, 0.1) is 17.7 Å². The van der Waals surface area contributed by atoms with Crippen LogP contribution in [0.25, 0.3) is 0 Å². The number of nitriles is 1. The van der Waals surface area contributed by atoms with Gasteiger partial charge in [-0.15, -0.1) is 11.3 Å². The predicted octanol–water partition coefficient (Wildman–Crippen LogP) is 5.14. The summed E-state index contributed by atoms with van der Waals surface area (Å²) < 4.78 is 5.91. The van der Waals surface area contributed by atoms with E-state index in [1.807, 2.05) is 49.4 Å². The van der Waals surface area contributed by atoms with E-state index in [2.05, 4.69) is 34.7 Å². The van der Waals surface area contributed by atoms with Crippen LogP contribution in [0.4, 0.5) is 0 Å². The molecule has 0 spiro atoms. The molecule has 1 aromatic heterocycles. The molecule has 0 bridgehead atoms. The molecule has 1 N–H and O–H groups in total. The highest BCUT2D eigenvalue weighted by Crippen LogP contribution is 2.22. The number of hydrogen-bond donors (Lipinski definition) is 1. The monoisotopic (exact) mass is 377 g/mol. The average Bonchev–Trinajstić information content (AvgIpc) is 3.13. The van der Waals surface area contributed by atoms with Gasteiger partial charge in [-0.05, 0) is 37.1 Å². The highest BCUT2D eigenvalue weighted by Gasteiger charge is 2.12. The van der Waals surface area contributed by atoms with E-state index in [-0.39, 0.29) is 6.04 Å². The molecule has 138 valence electrons. The number of nitrogens with one attached hydrogen (secondary N) is 1. The normalized spacial score (nSPS) is 11.7. The van der Waals surface area contributed by atoms with Crippen LogP contribution in [0.3, 0.4) is 0 Å². The summed E-state index contributed by atoms with van der Waals surface area (Å²) in [5, 5.41) is 16.0. The van der Waals surface area contributed by atoms with Crippen LogP contribution in [0, 0.1) is 18.3 Å². The Kier molecular flexibility index (Phi) is 6.59. The predicted molar refractivity (Wildman–Crippen MR) is 109 cm³/mol. The van der Waals surface area contributed by atoms with Crippen LogP contribution >= 0.6 is 11.3 Å². The molecule has 0 aliphatic rings. The molecule has 0 aliphatic heterocycles. The van der Waals surface area contributed by atoms with Crippen molar-refractivity contribution in [3.63, 3.8) is 0 Å². The highest BCUT2D eigenvalue weighted by molar-refractivity contribution is 7.09. The third kappa shape index (κ3) is 5.16. The fraction of sp³-hybridized carbons (Fsp3) is 0.273. The van der Waals surface area contributed by atoms with Crippen LogP contribution in [0.15, 0.2) is 53.9 Å². The number of hydrogen-bond acceptors (Lipinski definition) is 5. The van der Waals surface area contributed by atoms with Crippen LogP contribution in [0.5, 0.6) is 5.75 Å². The summed E-state index contributed by atoms with van der Waals surface area (Å²) in [6.07, 6.45) is 0.994. The standard InChI is InChI=1S/C22H23N3OS/c1-3-21(22-25-16(2)15-27-22)24-13-17-7-6-10-20(11-17)26-14-19-9-5-4-8-18(19)12-23/h4-11,15,21,24H,3,13-14H2,1-2H3. The van der Waals surface area contributed by atoms with E-state index < -0.39 is 0 Å². The van der Waals surface area contributed by atoms with Gasteiger partial charge in [-0.2, -0.15) is 5.26 Å². The molecule has 27 heavy (non-hydrogen) atoms. The summed E-state index contributed by atoms with van der Waals surface area (Å²) >= 11 is 1.71. The molecule has 1 heterocycles. The van der Waals surface area contributed by atoms with Gasteiger partial charge in [-0.1, -0.05) is 37.3 Å². The number of aromatic nitrogens is 1. The summed E-state index contributed by atoms with van der Waals surface area (Å²) in [7, 11) is 0. The van der Waals surface area contributed by atoms with Gasteiger partial charge in [0.2, 0.25) is 0 Å². The first kappa shape index (κ1) is 19.1. The lowest BCUT2D eigenvalue weighted by molar-refractivity contribution is 0.305. The van der Waals surface area contributed by atoms with E-state index in [9.17, 15) is 5.26 Å². The van der Waals surface area contributed by atoms with Crippen molar-refractivity contribution < 1.29 is 4.74 Å². The van der Waals surface area contributed by atoms with Crippen molar-refractivity contribution >= 4 is 11.3 Å². The Balaban J connectivity index is 1.61. The van der Waals surface area contributed by atoms with E-state index in [0.29, 0.717) is 12.2 Å². The van der Waals surface area contributed by atoms with E-state index in [4.69, 9.17) is 4.74 Å². The molecule has 0 radical (unpaired) electrons. The summed E-state index contributed by atoms with van der Waals surface area (Å²) in [5.41, 5.74) is 3.78. The lowest BCUT2D eigenvalue weighted by Crippen LogP contribution is -2.20. The number of aryl methyl sites for hydroxylation is 1. The SMILES string of the molecule is CCC(NCc1cccc(OCc2ccccc2C#N)c1)c1nc(C)cs1. The Bertz CT molecular complexity index is 929. The van der Waals surface area contributed by atoms with Gasteiger partial charge in [0, 0.05) is 23.2 Å². The molecule has 0 fully saturated rings. The molecule has 0 saturated carbocycles. The zero-order chi connectivity index (χ0) is 19.1. The Morgan fingerprint density at radius 3 is 2.81 bits per heavy atom. The van der Waals surface area contributed by atoms with Gasteiger partial charge in [-0.25, -0.2) is 4.98 Å². The van der Waals surface area contributed by atoms with Crippen molar-refractivity contribution in [2.75, 3.05) is 0 Å². The summed E-state index contributed by atoms with van der Waals surface area (Å²) in [4.78, 5) is 4.60. The summed E-state index contributed by atoms with van der Waals surface area (Å²) in [5.74, 6) is 0.806. The van der Waals surface area contributed by atoms with E-state index in [0.717, 1.165) is 40.5 Å². The Hall–Kier alpha value is -2.68. The first-order valence-corrected chi connectivity index (χ1v) is 9.92. The first-order chi connectivity index (χ1) is 13.2. The first-order valence-electron chi connectivity index (χ1n) is 9.04. The molecule has 1 atom stereocenters. The largest absolute Gasteiger partial charge is 0.489 e. The van der Waals surface area contributed by atoms with Crippen LogP contribution < -0.4 is 10.1 Å². The van der Waals surface area contributed by atoms with Crippen molar-refractivity contribution in [1.82, 2.24) is 10.3 Å². The Morgan fingerprint density at radius 1 is 1.22 bits per heavy atom. The van der Waals surface area contributed by atoms with Crippen molar-refractivity contribution in [1.29, 1.82) is 5.26 Å². The molecule has 2 aromatic carbocycles. The van der Waals surface area contributed by atoms with Gasteiger partial charge < -0.3 is 10.1 Å². The number of benzene rings is 2. The fourth-order valence-corrected chi connectivity index (χ4v) is 3.80. The molecule has 4 nitrogen and oxygen atoms in total. The van der Waals surface area contributed by atoms with Crippen molar-refractivity contribution in [3.8, 4) is 11.8 Å². The van der Waals surface area contributed by atoms with Gasteiger partial charge in [0.25, 0.3) is 0 Å². The number of ether oxygens (including phenoxy) is 1. The van der Waals surface area contributed by atoms with E-state index >= 15 is 0 Å². The van der Waals surface area contributed by atoms with Crippen LogP contribution in [0.1, 0.15) is 46.8 Å². The summed E-state index contributed by atoms with van der Waals surface area (Å²) in [6, 6.07) is 18.1. The third-order valence-corrected chi connectivity index (χ3v) is 5.40. The average molecular weight is 378 g/mol. The smallest absolute Gasteiger partial charge is 0.120 e. The molecule has 5 heteroatoms. The quantitative estimate of drug-likeness (QED) is 0.590. The fourth-order valence-electron chi connectivity index (χ4n) is 2.84. The maximum Gasteiger partial charge on any atom is 0.120 e. The zero-order valence-electron chi connectivity index (χ0n) is 15.6. The Labute approximate surface area is 164 Å². The molecule has 0 aliphatic carbocycles. The second-order valence-corrected chi connectivity index (χ2v) is 7.26. The minimum absolute atomic E-state index is 0.260. The van der Waals surface area contributed by atoms with E-state index in [1.54, 1.807) is 11.3 Å². The molecule has 1 unspecified atom stereocenters. The van der Waals surface area contributed by atoms with Crippen LogP contribution in [-0.4, -0.2) is 4.98 Å². The molecule has 0 saturated heterocycles. The molecule has 0 amide bonds. The van der Waals surface area contributed by atoms with Crippen LogP contribution in [-0.2, 0) is 13.2 Å². The summed E-state index contributed by atoms with van der Waals surface area (Å²) in [6.45, 7) is 5.33. The Morgan fingerprint density at radius 2 is 2.07 bits per heavy atom. The second kappa shape index (κ2) is 9.31. The maximum absolute atomic E-state index is 9.18. The molecular formula is C22H23N3OS. The number of nitrogens with zero attached hydrogens (tertiary/aromatic N) is 2.